The summed E-state index contributed by atoms with van der Waals surface area (Å²) in [4.78, 5) is 0. The first-order valence-electron chi connectivity index (χ1n) is 22.6. The molecule has 5 heteroatoms. The number of nitrogens with zero attached hydrogens (tertiary/aromatic N) is 4. The van der Waals surface area contributed by atoms with E-state index in [1.807, 2.05) is 0 Å². The Morgan fingerprint density at radius 1 is 0.391 bits per heavy atom. The molecule has 3 aliphatic heterocycles. The van der Waals surface area contributed by atoms with Crippen LogP contribution in [0.15, 0.2) is 182 Å². The van der Waals surface area contributed by atoms with Gasteiger partial charge in [0.15, 0.2) is 19.5 Å². The topological polar surface area (TPSA) is 16.6 Å². The molecule has 0 saturated carbocycles. The molecule has 7 heterocycles. The fourth-order valence-electron chi connectivity index (χ4n) is 13.5. The van der Waals surface area contributed by atoms with Crippen LogP contribution in [0.25, 0.3) is 77.2 Å². The molecule has 0 atom stereocenters. The molecule has 15 rings (SSSR count). The van der Waals surface area contributed by atoms with Gasteiger partial charge < -0.3 is 0 Å². The van der Waals surface area contributed by atoms with Crippen LogP contribution in [0.1, 0.15) is 33.4 Å². The highest BCUT2D eigenvalue weighted by molar-refractivity contribution is 7.20. The van der Waals surface area contributed by atoms with Gasteiger partial charge >= 0.3 is 5.66 Å². The van der Waals surface area contributed by atoms with Crippen LogP contribution in [0.3, 0.4) is 0 Å². The molecule has 300 valence electrons. The summed E-state index contributed by atoms with van der Waals surface area (Å²) in [5, 5.41) is 13.7. The van der Waals surface area contributed by atoms with Gasteiger partial charge in [0.05, 0.1) is 21.9 Å². The summed E-state index contributed by atoms with van der Waals surface area (Å²) in [6.45, 7) is 9.12. The molecule has 0 unspecified atom stereocenters. The molecule has 0 amide bonds. The van der Waals surface area contributed by atoms with Crippen molar-refractivity contribution in [2.24, 2.45) is 0 Å². The highest BCUT2D eigenvalue weighted by atomic mass is 28.3. The lowest BCUT2D eigenvalue weighted by molar-refractivity contribution is -0.943. The third-order valence-electron chi connectivity index (χ3n) is 15.7. The zero-order valence-electron chi connectivity index (χ0n) is 36.1. The van der Waals surface area contributed by atoms with E-state index in [9.17, 15) is 0 Å². The number of aryl methyl sites for hydroxylation is 4. The van der Waals surface area contributed by atoms with Crippen LogP contribution >= 0.6 is 0 Å². The largest absolute Gasteiger partial charge is 0.308 e. The maximum atomic E-state index is 2.74. The maximum absolute atomic E-state index is 3.02. The summed E-state index contributed by atoms with van der Waals surface area (Å²) in [5.41, 5.74) is 17.3. The van der Waals surface area contributed by atoms with Crippen LogP contribution in [0.2, 0.25) is 0 Å². The van der Waals surface area contributed by atoms with Gasteiger partial charge in [-0.1, -0.05) is 158 Å². The fourth-order valence-corrected chi connectivity index (χ4v) is 18.7. The minimum Gasteiger partial charge on any atom is -0.187 e. The molecule has 4 aromatic heterocycles. The van der Waals surface area contributed by atoms with Crippen LogP contribution in [-0.2, 0) is 5.66 Å². The Labute approximate surface area is 371 Å². The number of aromatic nitrogens is 4. The van der Waals surface area contributed by atoms with E-state index in [-0.39, 0.29) is 0 Å². The van der Waals surface area contributed by atoms with E-state index in [1.54, 1.807) is 0 Å². The molecule has 0 radical (unpaired) electrons. The van der Waals surface area contributed by atoms with Crippen molar-refractivity contribution in [3.8, 4) is 22.5 Å². The number of para-hydroxylation sites is 2. The molecule has 3 aliphatic rings. The first kappa shape index (κ1) is 34.9. The van der Waals surface area contributed by atoms with Gasteiger partial charge in [0.1, 0.15) is 23.4 Å². The number of pyridine rings is 2. The standard InChI is InChI=1S/C59H42N4Si/c1-35-17-15-18-36(2)51(35)47-33-60-57-53-43(41-25-11-13-27-45(41)62(47)57)29-31-49-55(53)59(60)56-50(64(49,39-21-7-5-8-22-39)40-23-9-6-10-24-40)32-30-44-42-26-12-14-28-46(42)63-48(34-61(59)58(63)54(44)56)52-37(3)19-16-20-38(52)4/h5-34H,1-4H3/q+2. The van der Waals surface area contributed by atoms with Gasteiger partial charge in [-0.2, -0.15) is 17.9 Å². The van der Waals surface area contributed by atoms with Crippen molar-refractivity contribution in [2.45, 2.75) is 33.4 Å². The smallest absolute Gasteiger partial charge is 0.187 e. The Morgan fingerprint density at radius 2 is 0.781 bits per heavy atom. The third kappa shape index (κ3) is 3.71. The molecule has 12 aromatic rings. The molecule has 0 fully saturated rings. The second-order valence-electron chi connectivity index (χ2n) is 18.6. The van der Waals surface area contributed by atoms with Gasteiger partial charge in [-0.15, -0.1) is 0 Å². The zero-order chi connectivity index (χ0) is 42.4. The number of hydrogen-bond donors (Lipinski definition) is 0. The van der Waals surface area contributed by atoms with Gasteiger partial charge in [0.2, 0.25) is 0 Å². The molecule has 8 aromatic carbocycles. The van der Waals surface area contributed by atoms with Crippen molar-refractivity contribution in [3.05, 3.63) is 216 Å². The quantitative estimate of drug-likeness (QED) is 0.0956. The Morgan fingerprint density at radius 3 is 1.20 bits per heavy atom. The van der Waals surface area contributed by atoms with Crippen molar-refractivity contribution < 1.29 is 9.13 Å². The predicted molar refractivity (Wildman–Crippen MR) is 264 cm³/mol. The fraction of sp³-hybridized carbons (Fsp3) is 0.0847. The van der Waals surface area contributed by atoms with Gasteiger partial charge in [-0.25, -0.2) is 0 Å². The Hall–Kier alpha value is -7.60. The lowest BCUT2D eigenvalue weighted by atomic mass is 9.87. The molecule has 1 spiro atoms. The first-order valence-corrected chi connectivity index (χ1v) is 24.6. The summed E-state index contributed by atoms with van der Waals surface area (Å²) < 4.78 is 10.8. The summed E-state index contributed by atoms with van der Waals surface area (Å²) in [6.07, 6.45) is 5.09. The van der Waals surface area contributed by atoms with E-state index in [2.05, 4.69) is 228 Å². The SMILES string of the molecule is Cc1cccc(C)c1-c1c[n+]2c3c4c5c(ccc4c4ccccc4n13)[Si](c1ccccc1)(c1ccccc1)c1ccc3c4ccccc4n4c(-c6c(C)cccc6C)c[n+]6c4c3c1C526. The first-order chi connectivity index (χ1) is 31.5. The molecular weight excluding hydrogens is 793 g/mol. The summed E-state index contributed by atoms with van der Waals surface area (Å²) in [5.74, 6) is 0. The van der Waals surface area contributed by atoms with Crippen LogP contribution in [0.4, 0.5) is 0 Å². The average Bonchev–Trinajstić information content (AvgIpc) is 4.07. The lowest BCUT2D eigenvalue weighted by Crippen LogP contribution is -2.84. The van der Waals surface area contributed by atoms with Gasteiger partial charge in [-0.3, -0.25) is 0 Å². The van der Waals surface area contributed by atoms with E-state index in [4.69, 9.17) is 0 Å². The van der Waals surface area contributed by atoms with Crippen LogP contribution < -0.4 is 29.9 Å². The van der Waals surface area contributed by atoms with Gasteiger partial charge in [0, 0.05) is 32.7 Å². The number of fused-ring (bicyclic) bond motifs is 6. The van der Waals surface area contributed by atoms with Crippen molar-refractivity contribution in [1.29, 1.82) is 0 Å². The van der Waals surface area contributed by atoms with Gasteiger partial charge in [-0.05, 0) is 82.8 Å². The predicted octanol–water partition coefficient (Wildman–Crippen LogP) is 9.56. The van der Waals surface area contributed by atoms with Crippen LogP contribution in [-0.4, -0.2) is 16.9 Å². The number of imidazole rings is 2. The monoisotopic (exact) mass is 834 g/mol. The Kier molecular flexibility index (Phi) is 6.38. The van der Waals surface area contributed by atoms with E-state index < -0.39 is 13.7 Å². The van der Waals surface area contributed by atoms with Crippen LogP contribution in [0.5, 0.6) is 0 Å². The van der Waals surface area contributed by atoms with E-state index >= 15 is 0 Å². The minimum atomic E-state index is -3.02. The molecule has 0 bridgehead atoms. The van der Waals surface area contributed by atoms with Crippen molar-refractivity contribution in [1.82, 2.24) is 8.80 Å². The number of rotatable bonds is 4. The number of hydrogen-bond acceptors (Lipinski definition) is 0. The third-order valence-corrected chi connectivity index (χ3v) is 20.5. The van der Waals surface area contributed by atoms with E-state index in [1.165, 1.54) is 131 Å². The van der Waals surface area contributed by atoms with Gasteiger partial charge in [0.25, 0.3) is 11.3 Å². The average molecular weight is 835 g/mol. The minimum absolute atomic E-state index is 0.733. The summed E-state index contributed by atoms with van der Waals surface area (Å²) >= 11 is 0. The molecular formula is C59H42N4Si+2. The van der Waals surface area contributed by atoms with Crippen molar-refractivity contribution >= 4 is 83.5 Å². The summed E-state index contributed by atoms with van der Waals surface area (Å²) in [7, 11) is -3.02. The normalized spacial score (nSPS) is 14.8. The van der Waals surface area contributed by atoms with Crippen LogP contribution in [0, 0.1) is 27.7 Å². The van der Waals surface area contributed by atoms with E-state index in [0.29, 0.717) is 0 Å². The lowest BCUT2D eigenvalue weighted by Gasteiger charge is -2.43. The second-order valence-corrected chi connectivity index (χ2v) is 22.4. The molecule has 0 aliphatic carbocycles. The molecule has 4 nitrogen and oxygen atoms in total. The molecule has 0 N–H and O–H groups in total. The van der Waals surface area contributed by atoms with Crippen molar-refractivity contribution in [2.75, 3.05) is 0 Å². The van der Waals surface area contributed by atoms with Crippen molar-refractivity contribution in [3.63, 3.8) is 0 Å². The second kappa shape index (κ2) is 11.7. The highest BCUT2D eigenvalue weighted by Gasteiger charge is 2.69. The molecule has 64 heavy (non-hydrogen) atoms. The molecule has 0 saturated heterocycles. The number of benzene rings is 8. The maximum Gasteiger partial charge on any atom is 0.308 e. The highest BCUT2D eigenvalue weighted by Crippen LogP contribution is 2.52. The zero-order valence-corrected chi connectivity index (χ0v) is 37.1. The Bertz CT molecular complexity index is 3810. The summed E-state index contributed by atoms with van der Waals surface area (Å²) in [6, 6.07) is 65.0. The van der Waals surface area contributed by atoms with E-state index in [0.717, 1.165) is 0 Å². The Balaban J connectivity index is 1.28.